The minimum atomic E-state index is -2.05. The van der Waals surface area contributed by atoms with E-state index in [0.29, 0.717) is 5.56 Å². The predicted molar refractivity (Wildman–Crippen MR) is 111 cm³/mol. The largest absolute Gasteiger partial charge is 0.505 e. The lowest BCUT2D eigenvalue weighted by molar-refractivity contribution is 0.0950. The maximum absolute atomic E-state index is 14.6. The Bertz CT molecular complexity index is 1180. The molecule has 29 heavy (non-hydrogen) atoms. The second kappa shape index (κ2) is 7.50. The average Bonchev–Trinajstić information content (AvgIpc) is 2.70. The second-order valence-corrected chi connectivity index (χ2v) is 8.25. The van der Waals surface area contributed by atoms with E-state index in [-0.39, 0.29) is 27.7 Å². The normalized spacial score (nSPS) is 15.8. The fraction of sp³-hybridized carbons (Fsp3) is 0.0952. The Labute approximate surface area is 174 Å². The second-order valence-electron chi connectivity index (χ2n) is 6.66. The van der Waals surface area contributed by atoms with E-state index in [1.54, 1.807) is 13.0 Å². The Balaban J connectivity index is 1.95. The molecule has 0 fully saturated rings. The predicted octanol–water partition coefficient (Wildman–Crippen LogP) is 4.54. The molecule has 0 aliphatic carbocycles. The minimum absolute atomic E-state index is 0.0122. The Morgan fingerprint density at radius 3 is 2.69 bits per heavy atom. The summed E-state index contributed by atoms with van der Waals surface area (Å²) in [4.78, 5) is 12.5. The van der Waals surface area contributed by atoms with Gasteiger partial charge in [-0.2, -0.15) is 0 Å². The van der Waals surface area contributed by atoms with Gasteiger partial charge in [-0.25, -0.2) is 8.60 Å². The van der Waals surface area contributed by atoms with E-state index in [1.807, 2.05) is 24.3 Å². The van der Waals surface area contributed by atoms with Gasteiger partial charge in [0.1, 0.15) is 10.7 Å². The summed E-state index contributed by atoms with van der Waals surface area (Å²) in [6.07, 6.45) is 0. The highest BCUT2D eigenvalue weighted by Crippen LogP contribution is 2.35. The maximum atomic E-state index is 14.6. The molecule has 0 saturated heterocycles. The van der Waals surface area contributed by atoms with Crippen LogP contribution >= 0.6 is 11.6 Å². The molecule has 3 aromatic rings. The monoisotopic (exact) mass is 430 g/mol. The van der Waals surface area contributed by atoms with Gasteiger partial charge < -0.3 is 10.4 Å². The highest BCUT2D eigenvalue weighted by Gasteiger charge is 2.21. The molecule has 4 rings (SSSR count). The zero-order valence-corrected chi connectivity index (χ0v) is 16.8. The van der Waals surface area contributed by atoms with Crippen molar-refractivity contribution < 1.29 is 18.5 Å². The van der Waals surface area contributed by atoms with Crippen molar-refractivity contribution in [3.8, 4) is 16.9 Å². The molecule has 0 radical (unpaired) electrons. The average molecular weight is 431 g/mol. The van der Waals surface area contributed by atoms with Crippen LogP contribution in [-0.2, 0) is 17.5 Å². The number of nitrogens with one attached hydrogen (secondary N) is 2. The van der Waals surface area contributed by atoms with Crippen LogP contribution in [0.1, 0.15) is 21.5 Å². The van der Waals surface area contributed by atoms with Crippen molar-refractivity contribution in [2.75, 3.05) is 4.72 Å². The molecule has 3 aromatic carbocycles. The first-order chi connectivity index (χ1) is 13.8. The molecule has 0 aromatic heterocycles. The number of hydrogen-bond donors (Lipinski definition) is 3. The number of carbonyl (C=O) groups is 1. The van der Waals surface area contributed by atoms with Gasteiger partial charge in [0, 0.05) is 12.1 Å². The third-order valence-electron chi connectivity index (χ3n) is 4.75. The number of carbonyl (C=O) groups excluding carboxylic acids is 1. The first kappa shape index (κ1) is 19.4. The van der Waals surface area contributed by atoms with Crippen molar-refractivity contribution in [1.82, 2.24) is 5.32 Å². The summed E-state index contributed by atoms with van der Waals surface area (Å²) < 4.78 is 30.0. The van der Waals surface area contributed by atoms with Crippen molar-refractivity contribution in [2.45, 2.75) is 18.4 Å². The van der Waals surface area contributed by atoms with Crippen LogP contribution in [0.15, 0.2) is 53.4 Å². The molecule has 1 aliphatic heterocycles. The number of benzene rings is 3. The lowest BCUT2D eigenvalue weighted by Gasteiger charge is -2.15. The lowest BCUT2D eigenvalue weighted by atomic mass is 9.95. The van der Waals surface area contributed by atoms with Gasteiger partial charge in [-0.05, 0) is 53.4 Å². The van der Waals surface area contributed by atoms with Crippen molar-refractivity contribution in [3.63, 3.8) is 0 Å². The summed E-state index contributed by atoms with van der Waals surface area (Å²) in [6.45, 7) is 2.01. The molecule has 0 spiro atoms. The van der Waals surface area contributed by atoms with Crippen LogP contribution < -0.4 is 10.0 Å². The molecule has 1 amide bonds. The Hall–Kier alpha value is -2.90. The molecule has 3 N–H and O–H groups in total. The molecule has 1 unspecified atom stereocenters. The molecule has 0 saturated carbocycles. The van der Waals surface area contributed by atoms with Gasteiger partial charge in [0.2, 0.25) is 0 Å². The topological polar surface area (TPSA) is 78.4 Å². The van der Waals surface area contributed by atoms with Gasteiger partial charge >= 0.3 is 0 Å². The standard InChI is InChI=1S/C21H16ClFN2O3S/c1-11-6-17(23)18-9-15(11)14-5-3-2-4-12(14)10-24-21(27)13-7-16(22)20(26)19(8-13)29(28)25-18/h2-9,25-26H,10H2,1H3,(H,24,27). The van der Waals surface area contributed by atoms with Crippen LogP contribution in [0.2, 0.25) is 5.02 Å². The van der Waals surface area contributed by atoms with Crippen molar-refractivity contribution in [3.05, 3.63) is 76.1 Å². The van der Waals surface area contributed by atoms with E-state index >= 15 is 0 Å². The third kappa shape index (κ3) is 3.59. The number of aromatic hydroxyl groups is 1. The Morgan fingerprint density at radius 1 is 1.14 bits per heavy atom. The number of rotatable bonds is 0. The number of anilines is 1. The van der Waals surface area contributed by atoms with Gasteiger partial charge in [-0.3, -0.25) is 9.52 Å². The molecule has 5 nitrogen and oxygen atoms in total. The molecule has 1 heterocycles. The van der Waals surface area contributed by atoms with E-state index in [0.717, 1.165) is 16.7 Å². The Morgan fingerprint density at radius 2 is 1.90 bits per heavy atom. The van der Waals surface area contributed by atoms with Crippen molar-refractivity contribution >= 4 is 34.2 Å². The van der Waals surface area contributed by atoms with Crippen LogP contribution in [0, 0.1) is 12.7 Å². The van der Waals surface area contributed by atoms with E-state index in [9.17, 15) is 18.5 Å². The highest BCUT2D eigenvalue weighted by atomic mass is 35.5. The van der Waals surface area contributed by atoms with Gasteiger partial charge in [0.15, 0.2) is 16.7 Å². The quantitative estimate of drug-likeness (QED) is 0.490. The number of halogens is 2. The third-order valence-corrected chi connectivity index (χ3v) is 6.16. The first-order valence-corrected chi connectivity index (χ1v) is 10.3. The number of hydrogen-bond acceptors (Lipinski definition) is 3. The smallest absolute Gasteiger partial charge is 0.251 e. The van der Waals surface area contributed by atoms with Crippen LogP contribution in [0.5, 0.6) is 5.75 Å². The fourth-order valence-electron chi connectivity index (χ4n) is 3.26. The number of fused-ring (bicyclic) bond motifs is 6. The molecule has 1 aliphatic rings. The molecule has 4 bridgehead atoms. The van der Waals surface area contributed by atoms with E-state index in [2.05, 4.69) is 10.0 Å². The number of amides is 1. The van der Waals surface area contributed by atoms with Gasteiger partial charge in [-0.15, -0.1) is 0 Å². The number of phenols is 1. The zero-order valence-electron chi connectivity index (χ0n) is 15.3. The van der Waals surface area contributed by atoms with E-state index < -0.39 is 28.5 Å². The summed E-state index contributed by atoms with van der Waals surface area (Å²) in [7, 11) is -2.05. The fourth-order valence-corrected chi connectivity index (χ4v) is 4.52. The van der Waals surface area contributed by atoms with Gasteiger partial charge in [0.25, 0.3) is 5.91 Å². The summed E-state index contributed by atoms with van der Waals surface area (Å²) in [5, 5.41) is 12.9. The minimum Gasteiger partial charge on any atom is -0.505 e. The molecular weight excluding hydrogens is 415 g/mol. The first-order valence-electron chi connectivity index (χ1n) is 8.72. The lowest BCUT2D eigenvalue weighted by Crippen LogP contribution is -2.23. The molecular formula is C21H16ClFN2O3S. The van der Waals surface area contributed by atoms with Crippen LogP contribution in [0.25, 0.3) is 11.1 Å². The van der Waals surface area contributed by atoms with Crippen molar-refractivity contribution in [2.24, 2.45) is 0 Å². The maximum Gasteiger partial charge on any atom is 0.251 e. The Kier molecular flexibility index (Phi) is 5.02. The van der Waals surface area contributed by atoms with Gasteiger partial charge in [0.05, 0.1) is 10.7 Å². The molecule has 8 heteroatoms. The summed E-state index contributed by atoms with van der Waals surface area (Å²) >= 11 is 6.02. The summed E-state index contributed by atoms with van der Waals surface area (Å²) in [5.41, 5.74) is 3.25. The summed E-state index contributed by atoms with van der Waals surface area (Å²) in [5.74, 6) is -1.45. The van der Waals surface area contributed by atoms with Crippen LogP contribution in [0.4, 0.5) is 10.1 Å². The van der Waals surface area contributed by atoms with Gasteiger partial charge in [-0.1, -0.05) is 35.9 Å². The highest BCUT2D eigenvalue weighted by molar-refractivity contribution is 7.86. The zero-order chi connectivity index (χ0) is 20.7. The van der Waals surface area contributed by atoms with Crippen molar-refractivity contribution in [1.29, 1.82) is 0 Å². The molecule has 148 valence electrons. The van der Waals surface area contributed by atoms with Crippen LogP contribution in [0.3, 0.4) is 0 Å². The van der Waals surface area contributed by atoms with E-state index in [1.165, 1.54) is 18.2 Å². The van der Waals surface area contributed by atoms with Crippen LogP contribution in [-0.4, -0.2) is 15.2 Å². The molecule has 1 atom stereocenters. The summed E-state index contributed by atoms with van der Waals surface area (Å²) in [6, 6.07) is 13.0. The number of aryl methyl sites for hydroxylation is 1. The number of phenolic OH excluding ortho intramolecular Hbond substituents is 1. The van der Waals surface area contributed by atoms with E-state index in [4.69, 9.17) is 11.6 Å². The SMILES string of the molecule is Cc1cc(F)c2cc1-c1ccccc1CNC(=O)c1cc(Cl)c(O)c(c1)S(=O)N2.